The summed E-state index contributed by atoms with van der Waals surface area (Å²) in [6.45, 7) is 1.34. The predicted molar refractivity (Wildman–Crippen MR) is 198 cm³/mol. The zero-order valence-corrected chi connectivity index (χ0v) is 26.2. The third kappa shape index (κ3) is 4.45. The number of phenolic OH excluding ortho intramolecular Hbond substituents is 2. The fourth-order valence-electron chi connectivity index (χ4n) is 7.62. The highest BCUT2D eigenvalue weighted by atomic mass is 16.3. The number of fused-ring (bicyclic) bond motifs is 6. The van der Waals surface area contributed by atoms with E-state index in [4.69, 9.17) is 0 Å². The highest BCUT2D eigenvalue weighted by molar-refractivity contribution is 6.32. The molecule has 0 unspecified atom stereocenters. The predicted octanol–water partition coefficient (Wildman–Crippen LogP) is 10.7. The Bertz CT molecular complexity index is 2450. The molecule has 7 aromatic carbocycles. The topological polar surface area (TPSA) is 50.3 Å². The molecule has 4 nitrogen and oxygen atoms in total. The SMILES string of the molecule is Oc1cccc(-c2c3c4ccccc4n(Cc4ccccc4)c3c(-c3cccc(O)c3)c3c4ccccc4n(Cc4ccccc4)c23)c1. The van der Waals surface area contributed by atoms with Crippen LogP contribution in [0.2, 0.25) is 0 Å². The summed E-state index contributed by atoms with van der Waals surface area (Å²) in [6.07, 6.45) is 0. The molecule has 0 fully saturated rings. The highest BCUT2D eigenvalue weighted by Gasteiger charge is 2.28. The molecule has 230 valence electrons. The quantitative estimate of drug-likeness (QED) is 0.194. The number of hydrogen-bond acceptors (Lipinski definition) is 2. The van der Waals surface area contributed by atoms with E-state index in [1.165, 1.54) is 11.1 Å². The molecule has 0 aliphatic rings. The zero-order valence-electron chi connectivity index (χ0n) is 26.2. The van der Waals surface area contributed by atoms with Gasteiger partial charge in [-0.05, 0) is 58.7 Å². The maximum atomic E-state index is 10.9. The van der Waals surface area contributed by atoms with Crippen molar-refractivity contribution in [2.24, 2.45) is 0 Å². The van der Waals surface area contributed by atoms with Crippen LogP contribution in [0.4, 0.5) is 0 Å². The van der Waals surface area contributed by atoms with Crippen molar-refractivity contribution in [1.29, 1.82) is 0 Å². The zero-order chi connectivity index (χ0) is 32.2. The highest BCUT2D eigenvalue weighted by Crippen LogP contribution is 2.51. The van der Waals surface area contributed by atoms with Crippen molar-refractivity contribution in [3.05, 3.63) is 169 Å². The van der Waals surface area contributed by atoms with Crippen LogP contribution in [0, 0.1) is 0 Å². The lowest BCUT2D eigenvalue weighted by molar-refractivity contribution is 0.475. The van der Waals surface area contributed by atoms with Crippen LogP contribution < -0.4 is 0 Å². The Morgan fingerprint density at radius 2 is 0.792 bits per heavy atom. The number of benzene rings is 7. The molecule has 48 heavy (non-hydrogen) atoms. The molecular formula is C44H32N2O2. The van der Waals surface area contributed by atoms with Gasteiger partial charge in [0.1, 0.15) is 11.5 Å². The van der Waals surface area contributed by atoms with Gasteiger partial charge in [-0.3, -0.25) is 0 Å². The number of para-hydroxylation sites is 2. The molecule has 0 atom stereocenters. The number of hydrogen-bond donors (Lipinski definition) is 2. The Morgan fingerprint density at radius 3 is 1.21 bits per heavy atom. The largest absolute Gasteiger partial charge is 0.508 e. The second-order valence-corrected chi connectivity index (χ2v) is 12.5. The van der Waals surface area contributed by atoms with Crippen LogP contribution in [0.25, 0.3) is 65.9 Å². The maximum Gasteiger partial charge on any atom is 0.116 e. The van der Waals surface area contributed by atoms with Crippen LogP contribution in [0.3, 0.4) is 0 Å². The van der Waals surface area contributed by atoms with Gasteiger partial charge in [-0.25, -0.2) is 0 Å². The molecule has 0 spiro atoms. The molecule has 4 heteroatoms. The van der Waals surface area contributed by atoms with E-state index in [1.54, 1.807) is 12.1 Å². The van der Waals surface area contributed by atoms with Crippen LogP contribution in [-0.4, -0.2) is 19.3 Å². The molecule has 0 aliphatic carbocycles. The van der Waals surface area contributed by atoms with Crippen molar-refractivity contribution in [3.8, 4) is 33.8 Å². The van der Waals surface area contributed by atoms with Crippen molar-refractivity contribution >= 4 is 43.6 Å². The first-order valence-electron chi connectivity index (χ1n) is 16.3. The first kappa shape index (κ1) is 28.0. The second-order valence-electron chi connectivity index (χ2n) is 12.5. The summed E-state index contributed by atoms with van der Waals surface area (Å²) in [5.41, 5.74) is 10.9. The smallest absolute Gasteiger partial charge is 0.116 e. The van der Waals surface area contributed by atoms with E-state index < -0.39 is 0 Å². The molecule has 9 aromatic rings. The lowest BCUT2D eigenvalue weighted by Gasteiger charge is -2.18. The van der Waals surface area contributed by atoms with E-state index in [0.29, 0.717) is 13.1 Å². The third-order valence-electron chi connectivity index (χ3n) is 9.55. The van der Waals surface area contributed by atoms with Gasteiger partial charge in [0.05, 0.1) is 11.0 Å². The van der Waals surface area contributed by atoms with Gasteiger partial charge in [-0.15, -0.1) is 0 Å². The van der Waals surface area contributed by atoms with Gasteiger partial charge >= 0.3 is 0 Å². The molecule has 2 N–H and O–H groups in total. The molecule has 0 saturated carbocycles. The Morgan fingerprint density at radius 1 is 0.396 bits per heavy atom. The number of aromatic nitrogens is 2. The number of phenols is 2. The molecule has 0 radical (unpaired) electrons. The van der Waals surface area contributed by atoms with Gasteiger partial charge in [-0.1, -0.05) is 121 Å². The Kier molecular flexibility index (Phi) is 6.54. The van der Waals surface area contributed by atoms with Crippen LogP contribution in [0.5, 0.6) is 11.5 Å². The van der Waals surface area contributed by atoms with E-state index in [0.717, 1.165) is 65.9 Å². The first-order valence-corrected chi connectivity index (χ1v) is 16.3. The minimum atomic E-state index is 0.226. The first-order chi connectivity index (χ1) is 23.7. The molecule has 2 aromatic heterocycles. The monoisotopic (exact) mass is 620 g/mol. The van der Waals surface area contributed by atoms with Crippen molar-refractivity contribution in [3.63, 3.8) is 0 Å². The van der Waals surface area contributed by atoms with E-state index in [1.807, 2.05) is 24.3 Å². The summed E-state index contributed by atoms with van der Waals surface area (Å²) >= 11 is 0. The van der Waals surface area contributed by atoms with Gasteiger partial charge < -0.3 is 19.3 Å². The van der Waals surface area contributed by atoms with E-state index in [2.05, 4.69) is 130 Å². The molecular weight excluding hydrogens is 588 g/mol. The van der Waals surface area contributed by atoms with Crippen molar-refractivity contribution in [2.75, 3.05) is 0 Å². The third-order valence-corrected chi connectivity index (χ3v) is 9.55. The Labute approximate surface area is 278 Å². The van der Waals surface area contributed by atoms with Crippen LogP contribution in [-0.2, 0) is 13.1 Å². The lowest BCUT2D eigenvalue weighted by Crippen LogP contribution is -2.03. The maximum absolute atomic E-state index is 10.9. The van der Waals surface area contributed by atoms with Crippen LogP contribution in [0.15, 0.2) is 158 Å². The number of rotatable bonds is 6. The van der Waals surface area contributed by atoms with Gasteiger partial charge in [0.2, 0.25) is 0 Å². The van der Waals surface area contributed by atoms with Crippen molar-refractivity contribution in [1.82, 2.24) is 9.13 Å². The average molecular weight is 621 g/mol. The van der Waals surface area contributed by atoms with Gasteiger partial charge in [0, 0.05) is 56.8 Å². The summed E-state index contributed by atoms with van der Waals surface area (Å²) in [5.74, 6) is 0.453. The minimum Gasteiger partial charge on any atom is -0.508 e. The summed E-state index contributed by atoms with van der Waals surface area (Å²) in [4.78, 5) is 0. The Hall–Kier alpha value is -6.26. The number of aromatic hydroxyl groups is 2. The molecule has 0 aliphatic heterocycles. The lowest BCUT2D eigenvalue weighted by atomic mass is 9.89. The second kappa shape index (κ2) is 11.2. The van der Waals surface area contributed by atoms with Crippen molar-refractivity contribution < 1.29 is 10.2 Å². The van der Waals surface area contributed by atoms with E-state index in [9.17, 15) is 10.2 Å². The van der Waals surface area contributed by atoms with Gasteiger partial charge in [0.15, 0.2) is 0 Å². The van der Waals surface area contributed by atoms with Crippen LogP contribution in [0.1, 0.15) is 11.1 Å². The Balaban J connectivity index is 1.58. The number of nitrogens with zero attached hydrogens (tertiary/aromatic N) is 2. The van der Waals surface area contributed by atoms with Crippen LogP contribution >= 0.6 is 0 Å². The molecule has 0 saturated heterocycles. The van der Waals surface area contributed by atoms with E-state index in [-0.39, 0.29) is 11.5 Å². The fourth-order valence-corrected chi connectivity index (χ4v) is 7.62. The molecule has 0 bridgehead atoms. The summed E-state index contributed by atoms with van der Waals surface area (Å²) in [5, 5.41) is 26.3. The van der Waals surface area contributed by atoms with Gasteiger partial charge in [-0.2, -0.15) is 0 Å². The average Bonchev–Trinajstić information content (AvgIpc) is 3.61. The summed E-state index contributed by atoms with van der Waals surface area (Å²) < 4.78 is 4.88. The molecule has 2 heterocycles. The van der Waals surface area contributed by atoms with Gasteiger partial charge in [0.25, 0.3) is 0 Å². The fraction of sp³-hybridized carbons (Fsp3) is 0.0455. The summed E-state index contributed by atoms with van der Waals surface area (Å²) in [6, 6.07) is 53.8. The van der Waals surface area contributed by atoms with E-state index >= 15 is 0 Å². The minimum absolute atomic E-state index is 0.226. The molecule has 0 amide bonds. The summed E-state index contributed by atoms with van der Waals surface area (Å²) in [7, 11) is 0. The molecule has 9 rings (SSSR count). The van der Waals surface area contributed by atoms with Crippen molar-refractivity contribution in [2.45, 2.75) is 13.1 Å². The normalized spacial score (nSPS) is 11.7. The standard InChI is InChI=1S/C44H32N2O2/c47-33-19-11-17-31(25-33)39-42-36-22-8-10-24-38(36)46(28-30-15-5-2-6-16-30)44(42)40(32-18-12-20-34(48)26-32)41-35-21-7-9-23-37(35)45(43(39)41)27-29-13-3-1-4-14-29/h1-26,47-48H,27-28H2.